The Bertz CT molecular complexity index is 372. The number of ether oxygens (including phenoxy) is 1. The zero-order valence-corrected chi connectivity index (χ0v) is 10.0. The number of carbonyl (C=O) groups is 1. The Hall–Kier alpha value is -1.02. The molecule has 1 rings (SSSR count). The van der Waals surface area contributed by atoms with Crippen molar-refractivity contribution in [3.63, 3.8) is 0 Å². The number of hydrogen-bond acceptors (Lipinski definition) is 2. The van der Waals surface area contributed by atoms with Crippen LogP contribution in [0.1, 0.15) is 36.2 Å². The van der Waals surface area contributed by atoms with Crippen molar-refractivity contribution in [2.75, 3.05) is 6.61 Å². The van der Waals surface area contributed by atoms with Gasteiger partial charge in [-0.1, -0.05) is 18.5 Å². The maximum absolute atomic E-state index is 11.6. The molecule has 0 saturated carbocycles. The average molecular weight is 227 g/mol. The molecule has 0 N–H and O–H groups in total. The SMILES string of the molecule is CCOc1cc(C)c(C(=O)CC)cc1Cl. The van der Waals surface area contributed by atoms with Gasteiger partial charge in [0.1, 0.15) is 5.75 Å². The van der Waals surface area contributed by atoms with E-state index in [2.05, 4.69) is 0 Å². The molecule has 0 radical (unpaired) electrons. The molecule has 0 aromatic heterocycles. The first-order valence-corrected chi connectivity index (χ1v) is 5.44. The highest BCUT2D eigenvalue weighted by Crippen LogP contribution is 2.28. The van der Waals surface area contributed by atoms with Crippen LogP contribution in [0.3, 0.4) is 0 Å². The van der Waals surface area contributed by atoms with E-state index in [1.54, 1.807) is 6.07 Å². The van der Waals surface area contributed by atoms with Crippen molar-refractivity contribution in [3.05, 3.63) is 28.3 Å². The summed E-state index contributed by atoms with van der Waals surface area (Å²) in [5, 5.41) is 0.499. The van der Waals surface area contributed by atoms with Gasteiger partial charge >= 0.3 is 0 Å². The Labute approximate surface area is 95.2 Å². The number of carbonyl (C=O) groups excluding carboxylic acids is 1. The monoisotopic (exact) mass is 226 g/mol. The van der Waals surface area contributed by atoms with E-state index in [9.17, 15) is 4.79 Å². The second-order valence-electron chi connectivity index (χ2n) is 3.31. The molecule has 82 valence electrons. The summed E-state index contributed by atoms with van der Waals surface area (Å²) in [7, 11) is 0. The maximum Gasteiger partial charge on any atom is 0.162 e. The van der Waals surface area contributed by atoms with Gasteiger partial charge in [0, 0.05) is 12.0 Å². The first-order valence-electron chi connectivity index (χ1n) is 5.06. The van der Waals surface area contributed by atoms with E-state index >= 15 is 0 Å². The largest absolute Gasteiger partial charge is 0.492 e. The van der Waals surface area contributed by atoms with Gasteiger partial charge in [0.25, 0.3) is 0 Å². The third kappa shape index (κ3) is 2.72. The van der Waals surface area contributed by atoms with Gasteiger partial charge in [-0.15, -0.1) is 0 Å². The Morgan fingerprint density at radius 2 is 2.07 bits per heavy atom. The molecule has 15 heavy (non-hydrogen) atoms. The lowest BCUT2D eigenvalue weighted by Gasteiger charge is -2.09. The van der Waals surface area contributed by atoms with Crippen molar-refractivity contribution in [3.8, 4) is 5.75 Å². The first kappa shape index (κ1) is 12.1. The van der Waals surface area contributed by atoms with Gasteiger partial charge in [0.15, 0.2) is 5.78 Å². The lowest BCUT2D eigenvalue weighted by atomic mass is 10.0. The molecule has 0 heterocycles. The van der Waals surface area contributed by atoms with Gasteiger partial charge in [-0.05, 0) is 31.5 Å². The Kier molecular flexibility index (Phi) is 4.15. The molecule has 0 unspecified atom stereocenters. The van der Waals surface area contributed by atoms with Crippen molar-refractivity contribution in [1.29, 1.82) is 0 Å². The van der Waals surface area contributed by atoms with Crippen LogP contribution in [-0.4, -0.2) is 12.4 Å². The standard InChI is InChI=1S/C12H15ClO2/c1-4-11(14)9-7-10(13)12(15-5-2)6-8(9)3/h6-7H,4-5H2,1-3H3. The van der Waals surface area contributed by atoms with Crippen molar-refractivity contribution >= 4 is 17.4 Å². The lowest BCUT2D eigenvalue weighted by Crippen LogP contribution is -2.01. The highest BCUT2D eigenvalue weighted by molar-refractivity contribution is 6.32. The fourth-order valence-corrected chi connectivity index (χ4v) is 1.63. The minimum Gasteiger partial charge on any atom is -0.492 e. The molecule has 0 saturated heterocycles. The van der Waals surface area contributed by atoms with Crippen LogP contribution in [-0.2, 0) is 0 Å². The van der Waals surface area contributed by atoms with Gasteiger partial charge < -0.3 is 4.74 Å². The van der Waals surface area contributed by atoms with E-state index in [4.69, 9.17) is 16.3 Å². The summed E-state index contributed by atoms with van der Waals surface area (Å²) >= 11 is 6.00. The van der Waals surface area contributed by atoms with Crippen molar-refractivity contribution in [2.24, 2.45) is 0 Å². The summed E-state index contributed by atoms with van der Waals surface area (Å²) < 4.78 is 5.34. The molecule has 1 aromatic rings. The normalized spacial score (nSPS) is 10.1. The summed E-state index contributed by atoms with van der Waals surface area (Å²) in [5.41, 5.74) is 1.60. The lowest BCUT2D eigenvalue weighted by molar-refractivity contribution is 0.0987. The molecule has 0 atom stereocenters. The quantitative estimate of drug-likeness (QED) is 0.733. The zero-order valence-electron chi connectivity index (χ0n) is 9.26. The van der Waals surface area contributed by atoms with E-state index in [0.717, 1.165) is 5.56 Å². The van der Waals surface area contributed by atoms with E-state index < -0.39 is 0 Å². The van der Waals surface area contributed by atoms with E-state index in [-0.39, 0.29) is 5.78 Å². The van der Waals surface area contributed by atoms with Crippen LogP contribution in [0, 0.1) is 6.92 Å². The van der Waals surface area contributed by atoms with Crippen LogP contribution < -0.4 is 4.74 Å². The van der Waals surface area contributed by atoms with Crippen LogP contribution in [0.15, 0.2) is 12.1 Å². The molecular formula is C12H15ClO2. The molecule has 0 aliphatic carbocycles. The maximum atomic E-state index is 11.6. The highest BCUT2D eigenvalue weighted by atomic mass is 35.5. The fraction of sp³-hybridized carbons (Fsp3) is 0.417. The smallest absolute Gasteiger partial charge is 0.162 e. The second kappa shape index (κ2) is 5.17. The van der Waals surface area contributed by atoms with E-state index in [0.29, 0.717) is 29.4 Å². The Morgan fingerprint density at radius 1 is 1.40 bits per heavy atom. The number of ketones is 1. The first-order chi connectivity index (χ1) is 7.10. The van der Waals surface area contributed by atoms with Crippen molar-refractivity contribution in [1.82, 2.24) is 0 Å². The van der Waals surface area contributed by atoms with E-state index in [1.807, 2.05) is 26.8 Å². The predicted octanol–water partition coefficient (Wildman–Crippen LogP) is 3.64. The molecule has 2 nitrogen and oxygen atoms in total. The minimum absolute atomic E-state index is 0.109. The molecule has 0 spiro atoms. The number of rotatable bonds is 4. The average Bonchev–Trinajstić information content (AvgIpc) is 2.22. The van der Waals surface area contributed by atoms with Gasteiger partial charge in [0.2, 0.25) is 0 Å². The van der Waals surface area contributed by atoms with Gasteiger partial charge in [0.05, 0.1) is 11.6 Å². The predicted molar refractivity (Wildman–Crippen MR) is 62.0 cm³/mol. The number of halogens is 1. The van der Waals surface area contributed by atoms with Crippen molar-refractivity contribution in [2.45, 2.75) is 27.2 Å². The Balaban J connectivity index is 3.13. The molecule has 0 aliphatic heterocycles. The molecule has 3 heteroatoms. The van der Waals surface area contributed by atoms with Crippen LogP contribution >= 0.6 is 11.6 Å². The molecule has 0 amide bonds. The van der Waals surface area contributed by atoms with Crippen molar-refractivity contribution < 1.29 is 9.53 Å². The van der Waals surface area contributed by atoms with Gasteiger partial charge in [-0.3, -0.25) is 4.79 Å². The summed E-state index contributed by atoms with van der Waals surface area (Å²) in [4.78, 5) is 11.6. The zero-order chi connectivity index (χ0) is 11.4. The summed E-state index contributed by atoms with van der Waals surface area (Å²) in [6.45, 7) is 6.20. The molecule has 0 aliphatic rings. The highest BCUT2D eigenvalue weighted by Gasteiger charge is 2.11. The summed E-state index contributed by atoms with van der Waals surface area (Å²) in [5.74, 6) is 0.752. The minimum atomic E-state index is 0.109. The summed E-state index contributed by atoms with van der Waals surface area (Å²) in [6.07, 6.45) is 0.491. The molecular weight excluding hydrogens is 212 g/mol. The number of aryl methyl sites for hydroxylation is 1. The van der Waals surface area contributed by atoms with Crippen LogP contribution in [0.4, 0.5) is 0 Å². The Morgan fingerprint density at radius 3 is 2.60 bits per heavy atom. The topological polar surface area (TPSA) is 26.3 Å². The van der Waals surface area contributed by atoms with Crippen LogP contribution in [0.2, 0.25) is 5.02 Å². The van der Waals surface area contributed by atoms with Gasteiger partial charge in [-0.25, -0.2) is 0 Å². The molecule has 0 fully saturated rings. The molecule has 1 aromatic carbocycles. The number of Topliss-reactive ketones (excluding diaryl/α,β-unsaturated/α-hetero) is 1. The third-order valence-corrected chi connectivity index (χ3v) is 2.50. The second-order valence-corrected chi connectivity index (χ2v) is 3.71. The fourth-order valence-electron chi connectivity index (χ4n) is 1.41. The summed E-state index contributed by atoms with van der Waals surface area (Å²) in [6, 6.07) is 3.50. The van der Waals surface area contributed by atoms with Gasteiger partial charge in [-0.2, -0.15) is 0 Å². The van der Waals surface area contributed by atoms with E-state index in [1.165, 1.54) is 0 Å². The van der Waals surface area contributed by atoms with Crippen LogP contribution in [0.25, 0.3) is 0 Å². The van der Waals surface area contributed by atoms with Crippen LogP contribution in [0.5, 0.6) is 5.75 Å². The number of hydrogen-bond donors (Lipinski definition) is 0. The molecule has 0 bridgehead atoms. The number of benzene rings is 1. The third-order valence-electron chi connectivity index (χ3n) is 2.20.